The van der Waals surface area contributed by atoms with Crippen molar-refractivity contribution < 1.29 is 28.6 Å². The Bertz CT molecular complexity index is 927. The molecule has 0 aliphatic rings. The molecule has 6 nitrogen and oxygen atoms in total. The summed E-state index contributed by atoms with van der Waals surface area (Å²) in [4.78, 5) is 37.7. The van der Waals surface area contributed by atoms with Gasteiger partial charge in [-0.1, -0.05) is 212 Å². The SMILES string of the molecule is CCC/C=C\CCCCCCCC(=O)OCC(COC(=O)CCCCCCCCCCCCCCCCCCCCC)OC(=O)CCCCCCC/C=C\CCC. The second-order valence-electron chi connectivity index (χ2n) is 16.7. The van der Waals surface area contributed by atoms with Gasteiger partial charge in [0.05, 0.1) is 0 Å². The van der Waals surface area contributed by atoms with Crippen LogP contribution in [0.3, 0.4) is 0 Å². The van der Waals surface area contributed by atoms with Crippen LogP contribution in [0.2, 0.25) is 0 Å². The standard InChI is InChI=1S/C51H94O6/c1-4-7-10-13-16-19-22-23-24-25-26-27-28-29-30-33-35-38-41-44-50(53)56-47-48(57-51(54)45-42-39-36-32-21-18-15-12-9-6-3)46-55-49(52)43-40-37-34-31-20-17-14-11-8-5-2/h11-12,14-15,48H,4-10,13,16-47H2,1-3H3/b14-11-,15-12-. The quantitative estimate of drug-likeness (QED) is 0.0264. The zero-order chi connectivity index (χ0) is 41.5. The predicted octanol–water partition coefficient (Wildman–Crippen LogP) is 16.0. The van der Waals surface area contributed by atoms with Gasteiger partial charge in [-0.25, -0.2) is 0 Å². The molecule has 57 heavy (non-hydrogen) atoms. The molecule has 0 saturated heterocycles. The van der Waals surface area contributed by atoms with E-state index in [4.69, 9.17) is 14.2 Å². The largest absolute Gasteiger partial charge is 0.462 e. The molecular weight excluding hydrogens is 709 g/mol. The Hall–Kier alpha value is -2.11. The fourth-order valence-electron chi connectivity index (χ4n) is 7.15. The van der Waals surface area contributed by atoms with E-state index in [0.717, 1.165) is 89.9 Å². The molecule has 0 aliphatic heterocycles. The molecule has 0 radical (unpaired) electrons. The van der Waals surface area contributed by atoms with Crippen LogP contribution in [0.4, 0.5) is 0 Å². The predicted molar refractivity (Wildman–Crippen MR) is 243 cm³/mol. The van der Waals surface area contributed by atoms with Crippen LogP contribution < -0.4 is 0 Å². The van der Waals surface area contributed by atoms with Gasteiger partial charge in [0.2, 0.25) is 0 Å². The fourth-order valence-corrected chi connectivity index (χ4v) is 7.15. The van der Waals surface area contributed by atoms with Crippen molar-refractivity contribution in [3.63, 3.8) is 0 Å². The summed E-state index contributed by atoms with van der Waals surface area (Å²) in [6.07, 6.45) is 51.7. The Morgan fingerprint density at radius 2 is 0.614 bits per heavy atom. The Labute approximate surface area is 353 Å². The van der Waals surface area contributed by atoms with E-state index in [0.29, 0.717) is 19.3 Å². The number of carbonyl (C=O) groups is 3. The Balaban J connectivity index is 4.22. The monoisotopic (exact) mass is 803 g/mol. The van der Waals surface area contributed by atoms with Gasteiger partial charge < -0.3 is 14.2 Å². The molecule has 1 atom stereocenters. The van der Waals surface area contributed by atoms with E-state index in [9.17, 15) is 14.4 Å². The minimum Gasteiger partial charge on any atom is -0.462 e. The van der Waals surface area contributed by atoms with Gasteiger partial charge >= 0.3 is 17.9 Å². The first-order valence-electron chi connectivity index (χ1n) is 24.8. The summed E-state index contributed by atoms with van der Waals surface area (Å²) in [5.74, 6) is -0.888. The molecule has 0 amide bonds. The number of ether oxygens (including phenoxy) is 3. The smallest absolute Gasteiger partial charge is 0.306 e. The van der Waals surface area contributed by atoms with Crippen molar-refractivity contribution in [1.82, 2.24) is 0 Å². The normalized spacial score (nSPS) is 12.1. The number of hydrogen-bond acceptors (Lipinski definition) is 6. The summed E-state index contributed by atoms with van der Waals surface area (Å²) in [5, 5.41) is 0. The van der Waals surface area contributed by atoms with Crippen LogP contribution in [0.15, 0.2) is 24.3 Å². The van der Waals surface area contributed by atoms with E-state index in [-0.39, 0.29) is 31.1 Å². The van der Waals surface area contributed by atoms with Crippen molar-refractivity contribution in [3.05, 3.63) is 24.3 Å². The summed E-state index contributed by atoms with van der Waals surface area (Å²) >= 11 is 0. The highest BCUT2D eigenvalue weighted by Gasteiger charge is 2.19. The van der Waals surface area contributed by atoms with Crippen molar-refractivity contribution in [1.29, 1.82) is 0 Å². The van der Waals surface area contributed by atoms with E-state index < -0.39 is 6.10 Å². The third kappa shape index (κ3) is 44.8. The first-order chi connectivity index (χ1) is 28.0. The molecule has 0 rings (SSSR count). The summed E-state index contributed by atoms with van der Waals surface area (Å²) in [6.45, 7) is 6.52. The topological polar surface area (TPSA) is 78.9 Å². The Kier molecular flexibility index (Phi) is 44.9. The first-order valence-corrected chi connectivity index (χ1v) is 24.8. The lowest BCUT2D eigenvalue weighted by molar-refractivity contribution is -0.167. The van der Waals surface area contributed by atoms with Gasteiger partial charge in [-0.3, -0.25) is 14.4 Å². The van der Waals surface area contributed by atoms with Gasteiger partial charge in [-0.15, -0.1) is 0 Å². The van der Waals surface area contributed by atoms with E-state index >= 15 is 0 Å². The highest BCUT2D eigenvalue weighted by atomic mass is 16.6. The average Bonchev–Trinajstić information content (AvgIpc) is 3.21. The molecule has 0 bridgehead atoms. The lowest BCUT2D eigenvalue weighted by atomic mass is 10.0. The number of esters is 3. The maximum atomic E-state index is 12.7. The van der Waals surface area contributed by atoms with Crippen LogP contribution in [0.25, 0.3) is 0 Å². The molecule has 6 heteroatoms. The van der Waals surface area contributed by atoms with E-state index in [2.05, 4.69) is 45.1 Å². The van der Waals surface area contributed by atoms with E-state index in [1.165, 1.54) is 135 Å². The molecular formula is C51H94O6. The first kappa shape index (κ1) is 54.9. The fraction of sp³-hybridized carbons (Fsp3) is 0.863. The van der Waals surface area contributed by atoms with Crippen molar-refractivity contribution in [2.75, 3.05) is 13.2 Å². The minimum absolute atomic E-state index is 0.0742. The molecule has 0 aliphatic carbocycles. The van der Waals surface area contributed by atoms with Crippen LogP contribution in [0, 0.1) is 0 Å². The van der Waals surface area contributed by atoms with Crippen LogP contribution in [-0.2, 0) is 28.6 Å². The molecule has 0 spiro atoms. The second-order valence-corrected chi connectivity index (χ2v) is 16.7. The molecule has 0 fully saturated rings. The second kappa shape index (κ2) is 46.6. The molecule has 0 N–H and O–H groups in total. The van der Waals surface area contributed by atoms with Crippen LogP contribution >= 0.6 is 0 Å². The highest BCUT2D eigenvalue weighted by molar-refractivity contribution is 5.71. The minimum atomic E-state index is -0.772. The third-order valence-electron chi connectivity index (χ3n) is 10.9. The van der Waals surface area contributed by atoms with Crippen molar-refractivity contribution >= 4 is 17.9 Å². The number of unbranched alkanes of at least 4 members (excludes halogenated alkanes) is 30. The molecule has 334 valence electrons. The number of rotatable bonds is 45. The summed E-state index contributed by atoms with van der Waals surface area (Å²) < 4.78 is 16.7. The molecule has 0 aromatic carbocycles. The number of carbonyl (C=O) groups excluding carboxylic acids is 3. The van der Waals surface area contributed by atoms with Gasteiger partial charge in [-0.2, -0.15) is 0 Å². The van der Waals surface area contributed by atoms with Crippen molar-refractivity contribution in [2.45, 2.75) is 271 Å². The number of hydrogen-bond donors (Lipinski definition) is 0. The summed E-state index contributed by atoms with van der Waals surface area (Å²) in [6, 6.07) is 0. The maximum absolute atomic E-state index is 12.7. The van der Waals surface area contributed by atoms with Gasteiger partial charge in [-0.05, 0) is 57.8 Å². The molecule has 0 heterocycles. The zero-order valence-corrected chi connectivity index (χ0v) is 38.1. The van der Waals surface area contributed by atoms with Crippen LogP contribution in [0.1, 0.15) is 265 Å². The summed E-state index contributed by atoms with van der Waals surface area (Å²) in [7, 11) is 0. The van der Waals surface area contributed by atoms with Gasteiger partial charge in [0.25, 0.3) is 0 Å². The van der Waals surface area contributed by atoms with Gasteiger partial charge in [0.1, 0.15) is 13.2 Å². The van der Waals surface area contributed by atoms with Crippen molar-refractivity contribution in [2.24, 2.45) is 0 Å². The Morgan fingerprint density at radius 1 is 0.333 bits per heavy atom. The molecule has 1 unspecified atom stereocenters. The van der Waals surface area contributed by atoms with Gasteiger partial charge in [0.15, 0.2) is 6.10 Å². The molecule has 0 aromatic heterocycles. The highest BCUT2D eigenvalue weighted by Crippen LogP contribution is 2.16. The third-order valence-corrected chi connectivity index (χ3v) is 10.9. The Morgan fingerprint density at radius 3 is 0.947 bits per heavy atom. The number of allylic oxidation sites excluding steroid dienone is 4. The van der Waals surface area contributed by atoms with Gasteiger partial charge in [0, 0.05) is 19.3 Å². The molecule has 0 saturated carbocycles. The average molecular weight is 803 g/mol. The lowest BCUT2D eigenvalue weighted by Gasteiger charge is -2.18. The van der Waals surface area contributed by atoms with E-state index in [1.54, 1.807) is 0 Å². The zero-order valence-electron chi connectivity index (χ0n) is 38.1. The lowest BCUT2D eigenvalue weighted by Crippen LogP contribution is -2.30. The maximum Gasteiger partial charge on any atom is 0.306 e. The van der Waals surface area contributed by atoms with E-state index in [1.807, 2.05) is 0 Å². The summed E-state index contributed by atoms with van der Waals surface area (Å²) in [5.41, 5.74) is 0. The van der Waals surface area contributed by atoms with Crippen LogP contribution in [-0.4, -0.2) is 37.2 Å². The van der Waals surface area contributed by atoms with Crippen LogP contribution in [0.5, 0.6) is 0 Å². The molecule has 0 aromatic rings. The van der Waals surface area contributed by atoms with Crippen molar-refractivity contribution in [3.8, 4) is 0 Å².